The quantitative estimate of drug-likeness (QED) is 0.0607. The molecule has 0 atom stereocenters. The molecule has 1 radical (unpaired) electrons. The molecule has 61 heavy (non-hydrogen) atoms. The molecule has 0 aliphatic heterocycles. The molecule has 1 N–H and O–H groups in total. The summed E-state index contributed by atoms with van der Waals surface area (Å²) in [5, 5.41) is 16.1. The topological polar surface area (TPSA) is 45.6 Å². The van der Waals surface area contributed by atoms with E-state index in [1.54, 1.807) is 0 Å². The number of aliphatic hydroxyl groups excluding tert-OH is 1. The second kappa shape index (κ2) is 18.4. The van der Waals surface area contributed by atoms with Crippen LogP contribution in [0.5, 0.6) is 0 Å². The normalized spacial score (nSPS) is 14.4. The van der Waals surface area contributed by atoms with Crippen LogP contribution in [-0.2, 0) is 31.3 Å². The maximum absolute atomic E-state index is 14.1. The first kappa shape index (κ1) is 46.0. The van der Waals surface area contributed by atoms with Gasteiger partial charge in [-0.25, -0.2) is 0 Å². The number of rotatable bonds is 11. The van der Waals surface area contributed by atoms with Crippen molar-refractivity contribution in [3.05, 3.63) is 121 Å². The van der Waals surface area contributed by atoms with Crippen molar-refractivity contribution in [2.45, 2.75) is 118 Å². The first-order chi connectivity index (χ1) is 28.7. The Bertz CT molecular complexity index is 2700. The fourth-order valence-corrected chi connectivity index (χ4v) is 9.85. The van der Waals surface area contributed by atoms with Gasteiger partial charge in [0, 0.05) is 61.2 Å². The van der Waals surface area contributed by atoms with Crippen LogP contribution in [0.4, 0.5) is 13.2 Å². The molecule has 1 saturated carbocycles. The van der Waals surface area contributed by atoms with Gasteiger partial charge >= 0.3 is 6.18 Å². The zero-order chi connectivity index (χ0) is 43.1. The summed E-state index contributed by atoms with van der Waals surface area (Å²) in [4.78, 5) is 11.7. The number of benzene rings is 4. The molecule has 3 aromatic heterocycles. The maximum Gasteiger partial charge on any atom is 0.394 e. The molecule has 0 bridgehead atoms. The number of carbonyl (C=O) groups excluding carboxylic acids is 1. The molecular weight excluding hydrogens is 946 g/mol. The molecule has 4 aromatic carbocycles. The van der Waals surface area contributed by atoms with Gasteiger partial charge in [-0.05, 0) is 73.9 Å². The minimum Gasteiger partial charge on any atom is -0.512 e. The van der Waals surface area contributed by atoms with Gasteiger partial charge in [0.25, 0.3) is 0 Å². The van der Waals surface area contributed by atoms with Crippen molar-refractivity contribution in [2.24, 2.45) is 17.3 Å². The number of nitrogens with zero attached hydrogens (tertiary/aromatic N) is 2. The van der Waals surface area contributed by atoms with Gasteiger partial charge in [-0.2, -0.15) is 25.7 Å². The van der Waals surface area contributed by atoms with Crippen molar-refractivity contribution < 1.29 is 47.7 Å². The largest absolute Gasteiger partial charge is 0.512 e. The minimum atomic E-state index is -4.32. The molecule has 0 unspecified atom stereocenters. The molecule has 8 rings (SSSR count). The Morgan fingerprint density at radius 3 is 2.03 bits per heavy atom. The number of pyridine rings is 1. The fourth-order valence-electron chi connectivity index (χ4n) is 9.85. The van der Waals surface area contributed by atoms with E-state index in [2.05, 4.69) is 60.8 Å². The van der Waals surface area contributed by atoms with Crippen molar-refractivity contribution in [3.8, 4) is 11.3 Å². The number of ketones is 1. The average Bonchev–Trinajstić information content (AvgIpc) is 3.75. The number of hydrogen-bond acceptors (Lipinski definition) is 2. The molecule has 0 amide bonds. The van der Waals surface area contributed by atoms with Crippen molar-refractivity contribution in [3.63, 3.8) is 0 Å². The van der Waals surface area contributed by atoms with Crippen molar-refractivity contribution in [2.75, 3.05) is 0 Å². The van der Waals surface area contributed by atoms with Crippen molar-refractivity contribution in [1.29, 1.82) is 0 Å². The van der Waals surface area contributed by atoms with Gasteiger partial charge in [0.2, 0.25) is 0 Å². The SMILES string of the molecule is CCC(CC)C(=O)/C=C(\O)C(CC)CC.[CH2-]c1c(-c2c3c(cc[n+]2[CH2-])c2ccc(CC(C)(C)C(F)(F)F)c4c5ccccc5n3c24)cc(C2CCCCC2)c2ccccc12.[Ir]. The first-order valence-electron chi connectivity index (χ1n) is 22.0. The predicted octanol–water partition coefficient (Wildman–Crippen LogP) is 14.8. The van der Waals surface area contributed by atoms with Crippen LogP contribution < -0.4 is 4.57 Å². The fraction of sp³-hybridized carbons (Fsp3) is 0.396. The van der Waals surface area contributed by atoms with E-state index < -0.39 is 11.6 Å². The van der Waals surface area contributed by atoms with Crippen LogP contribution >= 0.6 is 0 Å². The number of allylic oxidation sites excluding steroid dienone is 2. The van der Waals surface area contributed by atoms with Gasteiger partial charge < -0.3 is 14.1 Å². The summed E-state index contributed by atoms with van der Waals surface area (Å²) in [6.45, 7) is 15.3. The Labute approximate surface area is 372 Å². The van der Waals surface area contributed by atoms with E-state index in [1.807, 2.05) is 68.8 Å². The number of fused-ring (bicyclic) bond motifs is 7. The number of alkyl halides is 3. The van der Waals surface area contributed by atoms with Gasteiger partial charge in [0.05, 0.1) is 39.6 Å². The zero-order valence-corrected chi connectivity index (χ0v) is 38.9. The molecule has 4 nitrogen and oxygen atoms in total. The molecule has 3 heterocycles. The Hall–Kier alpha value is -4.52. The van der Waals surface area contributed by atoms with E-state index in [1.165, 1.54) is 63.0 Å². The molecular formula is C53H60F3IrN2O2-. The number of hydrogen-bond donors (Lipinski definition) is 1. The summed E-state index contributed by atoms with van der Waals surface area (Å²) < 4.78 is 46.6. The van der Waals surface area contributed by atoms with Crippen LogP contribution in [0.2, 0.25) is 0 Å². The second-order valence-corrected chi connectivity index (χ2v) is 17.7. The van der Waals surface area contributed by atoms with Crippen LogP contribution in [0, 0.1) is 31.2 Å². The first-order valence-corrected chi connectivity index (χ1v) is 22.0. The summed E-state index contributed by atoms with van der Waals surface area (Å²) in [5.74, 6) is 1.04. The van der Waals surface area contributed by atoms with Gasteiger partial charge in [-0.3, -0.25) is 4.79 Å². The molecule has 1 aliphatic carbocycles. The number of aromatic nitrogens is 2. The number of carbonyl (C=O) groups is 1. The Balaban J connectivity index is 0.000000335. The third kappa shape index (κ3) is 8.40. The third-order valence-corrected chi connectivity index (χ3v) is 13.6. The molecule has 0 spiro atoms. The van der Waals surface area contributed by atoms with E-state index in [0.717, 1.165) is 86.0 Å². The zero-order valence-electron chi connectivity index (χ0n) is 36.5. The van der Waals surface area contributed by atoms with E-state index >= 15 is 0 Å². The van der Waals surface area contributed by atoms with Crippen LogP contribution in [-0.4, -0.2) is 21.5 Å². The van der Waals surface area contributed by atoms with Crippen LogP contribution in [0.25, 0.3) is 60.1 Å². The summed E-state index contributed by atoms with van der Waals surface area (Å²) in [5.41, 5.74) is 6.17. The Morgan fingerprint density at radius 1 is 0.820 bits per heavy atom. The molecule has 7 aromatic rings. The van der Waals surface area contributed by atoms with Gasteiger partial charge in [-0.1, -0.05) is 120 Å². The third-order valence-electron chi connectivity index (χ3n) is 13.6. The van der Waals surface area contributed by atoms with Crippen LogP contribution in [0.15, 0.2) is 90.8 Å². The smallest absolute Gasteiger partial charge is 0.394 e. The standard InChI is InChI=1S/C40H36F3N2.C13H24O2.Ir/c1-24-27-14-8-9-15-28(27)33(25-12-6-5-7-13-25)22-32(24)37-38-30(20-21-44(37)4)29-19-18-26(23-39(2,3)40(41,42)43)35-31-16-10-11-17-34(31)45(38)36(29)35;1-5-10(6-2)12(14)9-13(15)11(7-3)8-4;/h8-11,14-22,25H,1,4-7,12-13,23H2,2-3H3;9-11,14H,5-8H2,1-4H3;/q-1;;/b;12-9-;. The van der Waals surface area contributed by atoms with Crippen LogP contribution in [0.1, 0.15) is 122 Å². The summed E-state index contributed by atoms with van der Waals surface area (Å²) >= 11 is 0. The number of aliphatic hydroxyl groups is 1. The van der Waals surface area contributed by atoms with E-state index in [9.17, 15) is 23.1 Å². The van der Waals surface area contributed by atoms with Crippen LogP contribution in [0.3, 0.4) is 0 Å². The summed E-state index contributed by atoms with van der Waals surface area (Å²) in [6.07, 6.45) is 8.63. The molecule has 1 fully saturated rings. The van der Waals surface area contributed by atoms with Crippen molar-refractivity contribution >= 4 is 54.7 Å². The second-order valence-electron chi connectivity index (χ2n) is 17.7. The van der Waals surface area contributed by atoms with Gasteiger partial charge in [0.15, 0.2) is 5.78 Å². The Morgan fingerprint density at radius 2 is 1.41 bits per heavy atom. The molecule has 325 valence electrons. The molecule has 8 heteroatoms. The number of halogens is 3. The summed E-state index contributed by atoms with van der Waals surface area (Å²) in [6, 6.07) is 25.1. The maximum atomic E-state index is 14.1. The van der Waals surface area contributed by atoms with Crippen molar-refractivity contribution in [1.82, 2.24) is 4.40 Å². The van der Waals surface area contributed by atoms with Gasteiger partial charge in [-0.15, -0.1) is 23.1 Å². The minimum absolute atomic E-state index is 0. The molecule has 0 saturated heterocycles. The Kier molecular flexibility index (Phi) is 13.9. The van der Waals surface area contributed by atoms with E-state index in [-0.39, 0.29) is 49.9 Å². The van der Waals surface area contributed by atoms with E-state index in [4.69, 9.17) is 0 Å². The summed E-state index contributed by atoms with van der Waals surface area (Å²) in [7, 11) is 4.47. The monoisotopic (exact) mass is 1010 g/mol. The molecule has 1 aliphatic rings. The van der Waals surface area contributed by atoms with E-state index in [0.29, 0.717) is 11.5 Å². The van der Waals surface area contributed by atoms with Gasteiger partial charge in [0.1, 0.15) is 0 Å². The average molecular weight is 1010 g/mol. The predicted molar refractivity (Wildman–Crippen MR) is 243 cm³/mol. The number of para-hydroxylation sites is 1.